The molecule has 2 unspecified atom stereocenters. The molecule has 5 rings (SSSR count). The topological polar surface area (TPSA) is 57.2 Å². The zero-order chi connectivity index (χ0) is 26.9. The van der Waals surface area contributed by atoms with Gasteiger partial charge in [0.1, 0.15) is 28.5 Å². The highest BCUT2D eigenvalue weighted by atomic mass is 19.1. The highest BCUT2D eigenvalue weighted by Gasteiger charge is 2.53. The maximum absolute atomic E-state index is 14.3. The van der Waals surface area contributed by atoms with E-state index in [9.17, 15) is 9.18 Å². The van der Waals surface area contributed by atoms with Gasteiger partial charge in [0.25, 0.3) is 0 Å². The normalized spacial score (nSPS) is 25.1. The Morgan fingerprint density at radius 2 is 1.87 bits per heavy atom. The van der Waals surface area contributed by atoms with Crippen molar-refractivity contribution in [1.29, 1.82) is 0 Å². The second-order valence-electron chi connectivity index (χ2n) is 12.2. The summed E-state index contributed by atoms with van der Waals surface area (Å²) in [4.78, 5) is 22.2. The number of nitrogens with one attached hydrogen (secondary N) is 1. The van der Waals surface area contributed by atoms with E-state index in [0.717, 1.165) is 50.4 Å². The molecule has 0 bridgehead atoms. The van der Waals surface area contributed by atoms with E-state index >= 15 is 0 Å². The maximum Gasteiger partial charge on any atom is 0.350 e. The minimum atomic E-state index is -0.602. The number of likely N-dealkylation sites (tertiary alicyclic amines) is 1. The molecule has 6 nitrogen and oxygen atoms in total. The molecule has 3 aliphatic rings. The molecule has 2 atom stereocenters. The number of hydrogen-bond donors (Lipinski definition) is 1. The number of nitrogens with zero attached hydrogens (tertiary/aromatic N) is 3. The van der Waals surface area contributed by atoms with Crippen molar-refractivity contribution >= 4 is 17.6 Å². The Balaban J connectivity index is 1.39. The van der Waals surface area contributed by atoms with E-state index < -0.39 is 5.54 Å². The number of benzene rings is 2. The summed E-state index contributed by atoms with van der Waals surface area (Å²) in [5, 5.41) is 3.70. The minimum Gasteiger partial charge on any atom is -0.488 e. The molecular formula is C31H41FN4O2. The van der Waals surface area contributed by atoms with Crippen molar-refractivity contribution in [2.24, 2.45) is 4.99 Å². The number of amides is 2. The van der Waals surface area contributed by atoms with Gasteiger partial charge in [0.15, 0.2) is 0 Å². The van der Waals surface area contributed by atoms with Crippen molar-refractivity contribution < 1.29 is 13.9 Å². The molecule has 1 saturated carbocycles. The van der Waals surface area contributed by atoms with Crippen LogP contribution >= 0.6 is 0 Å². The molecule has 2 fully saturated rings. The van der Waals surface area contributed by atoms with Crippen molar-refractivity contribution in [3.05, 3.63) is 59.9 Å². The van der Waals surface area contributed by atoms with Gasteiger partial charge >= 0.3 is 6.03 Å². The van der Waals surface area contributed by atoms with Crippen molar-refractivity contribution in [2.45, 2.75) is 102 Å². The lowest BCUT2D eigenvalue weighted by molar-refractivity contribution is 0.120. The second-order valence-corrected chi connectivity index (χ2v) is 12.2. The number of aliphatic imine (C=N–C) groups is 1. The number of piperidine rings is 1. The van der Waals surface area contributed by atoms with Crippen LogP contribution in [-0.4, -0.2) is 46.5 Å². The number of rotatable bonds is 5. The van der Waals surface area contributed by atoms with Gasteiger partial charge in [0, 0.05) is 30.9 Å². The fourth-order valence-corrected chi connectivity index (χ4v) is 6.34. The number of carbonyl (C=O) groups excluding carboxylic acids is 1. The number of carbonyl (C=O) groups is 1. The summed E-state index contributed by atoms with van der Waals surface area (Å²) in [7, 11) is 0. The fourth-order valence-electron chi connectivity index (χ4n) is 6.34. The van der Waals surface area contributed by atoms with Crippen LogP contribution in [-0.2, 0) is 6.54 Å². The van der Waals surface area contributed by atoms with Crippen molar-refractivity contribution in [2.75, 3.05) is 11.4 Å². The number of hydrogen-bond acceptors (Lipinski definition) is 4. The lowest BCUT2D eigenvalue weighted by atomic mass is 9.80. The molecule has 1 aliphatic carbocycles. The third-order valence-electron chi connectivity index (χ3n) is 8.06. The fraction of sp³-hybridized carbons (Fsp3) is 0.548. The highest BCUT2D eigenvalue weighted by Crippen LogP contribution is 2.41. The molecule has 2 aromatic carbocycles. The molecule has 1 N–H and O–H groups in total. The second kappa shape index (κ2) is 10.7. The Bertz CT molecular complexity index is 1190. The summed E-state index contributed by atoms with van der Waals surface area (Å²) < 4.78 is 20.4. The molecule has 2 aromatic rings. The predicted octanol–water partition coefficient (Wildman–Crippen LogP) is 6.69. The van der Waals surface area contributed by atoms with Gasteiger partial charge in [-0.15, -0.1) is 0 Å². The standard InChI is InChI=1S/C31H41FN4O2/c1-22-20-31(16-17-35(22)21-23-10-8-15-27(18-23)38-30(2,3)4)28(33-25-12-6-5-7-13-25)34-29(37)36(31)26-14-9-11-24(32)19-26/h8-11,14-15,18-19,22,25H,5-7,12-13,16-17,20-21H2,1-4H3,(H,33,34,37). The molecule has 7 heteroatoms. The molecule has 1 spiro atoms. The lowest BCUT2D eigenvalue weighted by Crippen LogP contribution is -2.63. The first kappa shape index (κ1) is 26.7. The molecule has 2 heterocycles. The van der Waals surface area contributed by atoms with E-state index in [-0.39, 0.29) is 23.5 Å². The van der Waals surface area contributed by atoms with Crippen LogP contribution in [0.15, 0.2) is 53.5 Å². The molecule has 0 aromatic heterocycles. The molecule has 2 amide bonds. The van der Waals surface area contributed by atoms with E-state index in [0.29, 0.717) is 11.7 Å². The molecule has 204 valence electrons. The zero-order valence-corrected chi connectivity index (χ0v) is 23.2. The van der Waals surface area contributed by atoms with E-state index in [4.69, 9.17) is 4.74 Å². The van der Waals surface area contributed by atoms with Gasteiger partial charge in [0.2, 0.25) is 0 Å². The first-order chi connectivity index (χ1) is 18.1. The summed E-state index contributed by atoms with van der Waals surface area (Å²) in [6.45, 7) is 9.99. The molecule has 38 heavy (non-hydrogen) atoms. The van der Waals surface area contributed by atoms with E-state index in [2.05, 4.69) is 55.0 Å². The number of ether oxygens (including phenoxy) is 1. The summed E-state index contributed by atoms with van der Waals surface area (Å²) >= 11 is 0. The van der Waals surface area contributed by atoms with Crippen LogP contribution in [0.2, 0.25) is 0 Å². The molecule has 1 saturated heterocycles. The largest absolute Gasteiger partial charge is 0.488 e. The van der Waals surface area contributed by atoms with Crippen molar-refractivity contribution in [1.82, 2.24) is 10.2 Å². The van der Waals surface area contributed by atoms with Crippen LogP contribution < -0.4 is 15.0 Å². The Kier molecular flexibility index (Phi) is 7.49. The molecule has 2 aliphatic heterocycles. The highest BCUT2D eigenvalue weighted by molar-refractivity contribution is 6.16. The molecule has 0 radical (unpaired) electrons. The van der Waals surface area contributed by atoms with Crippen LogP contribution in [0.5, 0.6) is 5.75 Å². The van der Waals surface area contributed by atoms with E-state index in [1.807, 2.05) is 18.2 Å². The Morgan fingerprint density at radius 1 is 1.11 bits per heavy atom. The predicted molar refractivity (Wildman–Crippen MR) is 150 cm³/mol. The van der Waals surface area contributed by atoms with E-state index in [1.54, 1.807) is 11.0 Å². The van der Waals surface area contributed by atoms with Gasteiger partial charge < -0.3 is 10.1 Å². The average molecular weight is 521 g/mol. The monoisotopic (exact) mass is 520 g/mol. The van der Waals surface area contributed by atoms with Crippen LogP contribution in [0, 0.1) is 5.82 Å². The smallest absolute Gasteiger partial charge is 0.350 e. The summed E-state index contributed by atoms with van der Waals surface area (Å²) in [5.74, 6) is 1.30. The number of amidine groups is 1. The van der Waals surface area contributed by atoms with Gasteiger partial charge in [0.05, 0.1) is 0 Å². The van der Waals surface area contributed by atoms with Crippen LogP contribution in [0.25, 0.3) is 0 Å². The van der Waals surface area contributed by atoms with Gasteiger partial charge in [-0.25, -0.2) is 9.18 Å². The van der Waals surface area contributed by atoms with Crippen molar-refractivity contribution in [3.63, 3.8) is 0 Å². The average Bonchev–Trinajstić information content (AvgIpc) is 3.10. The number of urea groups is 1. The summed E-state index contributed by atoms with van der Waals surface area (Å²) in [6.07, 6.45) is 7.31. The Labute approximate surface area is 226 Å². The first-order valence-corrected chi connectivity index (χ1v) is 14.1. The Morgan fingerprint density at radius 3 is 2.58 bits per heavy atom. The van der Waals surface area contributed by atoms with Gasteiger partial charge in [-0.1, -0.05) is 37.5 Å². The van der Waals surface area contributed by atoms with E-state index in [1.165, 1.54) is 37.0 Å². The quantitative estimate of drug-likeness (QED) is 0.477. The first-order valence-electron chi connectivity index (χ1n) is 14.1. The van der Waals surface area contributed by atoms with Gasteiger partial charge in [-0.05, 0) is 89.3 Å². The van der Waals surface area contributed by atoms with Crippen molar-refractivity contribution in [3.8, 4) is 5.75 Å². The number of halogens is 1. The number of anilines is 1. The lowest BCUT2D eigenvalue weighted by Gasteiger charge is -2.48. The van der Waals surface area contributed by atoms with Crippen LogP contribution in [0.1, 0.15) is 78.2 Å². The SMILES string of the molecule is CC1CC2(CCN1Cc1cccc(OC(C)(C)C)c1)C(NC1CCCCC1)=NC(=O)N2c1cccc(F)c1. The summed E-state index contributed by atoms with van der Waals surface area (Å²) in [6, 6.07) is 14.9. The maximum atomic E-state index is 14.3. The third-order valence-corrected chi connectivity index (χ3v) is 8.06. The van der Waals surface area contributed by atoms with Gasteiger partial charge in [-0.3, -0.25) is 9.80 Å². The Hall–Kier alpha value is -2.93. The van der Waals surface area contributed by atoms with Crippen LogP contribution in [0.4, 0.5) is 14.9 Å². The third kappa shape index (κ3) is 5.73. The minimum absolute atomic E-state index is 0.191. The van der Waals surface area contributed by atoms with Gasteiger partial charge in [-0.2, -0.15) is 4.99 Å². The summed E-state index contributed by atoms with van der Waals surface area (Å²) in [5.41, 5.74) is 0.926. The van der Waals surface area contributed by atoms with Crippen LogP contribution in [0.3, 0.4) is 0 Å². The molecular weight excluding hydrogens is 479 g/mol. The zero-order valence-electron chi connectivity index (χ0n) is 23.2.